The van der Waals surface area contributed by atoms with Crippen molar-refractivity contribution in [3.8, 4) is 0 Å². The number of Topliss-reactive ketones (excluding diaryl/α,β-unsaturated/α-hetero) is 1. The van der Waals surface area contributed by atoms with Crippen LogP contribution in [0.2, 0.25) is 0 Å². The molecule has 1 unspecified atom stereocenters. The van der Waals surface area contributed by atoms with Crippen molar-refractivity contribution < 1.29 is 63.9 Å². The average Bonchev–Trinajstić information content (AvgIpc) is 3.01. The summed E-state index contributed by atoms with van der Waals surface area (Å²) in [7, 11) is 3.67. The molecule has 0 aliphatic carbocycles. The third-order valence-corrected chi connectivity index (χ3v) is 11.4. The van der Waals surface area contributed by atoms with Crippen LogP contribution < -0.4 is 0 Å². The third kappa shape index (κ3) is 9.25. The highest BCUT2D eigenvalue weighted by atomic mass is 16.7. The van der Waals surface area contributed by atoms with Crippen LogP contribution in [-0.2, 0) is 33.3 Å². The lowest BCUT2D eigenvalue weighted by molar-refractivity contribution is -0.316. The number of aliphatic hydroxyl groups excluding tert-OH is 3. The summed E-state index contributed by atoms with van der Waals surface area (Å²) in [5, 5.41) is 68.1. The Hall–Kier alpha value is -1.30. The molecule has 3 aliphatic heterocycles. The fourth-order valence-electron chi connectivity index (χ4n) is 8.22. The van der Waals surface area contributed by atoms with Crippen molar-refractivity contribution in [2.24, 2.45) is 23.7 Å². The first-order valence-electron chi connectivity index (χ1n) is 18.1. The van der Waals surface area contributed by atoms with Crippen LogP contribution in [0.4, 0.5) is 0 Å². The molecule has 50 heavy (non-hydrogen) atoms. The van der Waals surface area contributed by atoms with E-state index in [1.807, 2.05) is 25.9 Å². The Labute approximate surface area is 297 Å². The van der Waals surface area contributed by atoms with Gasteiger partial charge in [-0.15, -0.1) is 0 Å². The number of ketones is 1. The number of hydrogen-bond acceptors (Lipinski definition) is 14. The lowest BCUT2D eigenvalue weighted by atomic mass is 9.74. The highest BCUT2D eigenvalue weighted by Crippen LogP contribution is 2.40. The molecule has 3 saturated heterocycles. The number of ether oxygens (including phenoxy) is 5. The number of carbonyl (C=O) groups is 2. The number of rotatable bonds is 6. The monoisotopic (exact) mass is 719 g/mol. The zero-order valence-corrected chi connectivity index (χ0v) is 32.0. The third-order valence-electron chi connectivity index (χ3n) is 11.4. The number of hydrogen-bond donors (Lipinski definition) is 6. The first-order valence-corrected chi connectivity index (χ1v) is 18.1. The van der Waals surface area contributed by atoms with Crippen molar-refractivity contribution in [3.63, 3.8) is 0 Å². The molecule has 3 heterocycles. The second kappa shape index (κ2) is 16.4. The molecule has 0 bridgehead atoms. The molecule has 0 aromatic heterocycles. The lowest BCUT2D eigenvalue weighted by Crippen LogP contribution is -2.61. The van der Waals surface area contributed by atoms with Crippen LogP contribution in [0.25, 0.3) is 0 Å². The zero-order chi connectivity index (χ0) is 38.3. The molecule has 0 aromatic rings. The van der Waals surface area contributed by atoms with E-state index in [1.165, 1.54) is 27.7 Å². The number of aliphatic hydroxyl groups is 6. The fourth-order valence-corrected chi connectivity index (χ4v) is 8.22. The van der Waals surface area contributed by atoms with Gasteiger partial charge in [0.1, 0.15) is 29.7 Å². The molecule has 14 nitrogen and oxygen atoms in total. The first-order chi connectivity index (χ1) is 22.9. The predicted octanol–water partition coefficient (Wildman–Crippen LogP) is 1.13. The molecule has 0 saturated carbocycles. The second-order valence-electron chi connectivity index (χ2n) is 16.3. The Morgan fingerprint density at radius 1 is 0.840 bits per heavy atom. The average molecular weight is 720 g/mol. The van der Waals surface area contributed by atoms with Crippen LogP contribution in [0.5, 0.6) is 0 Å². The van der Waals surface area contributed by atoms with E-state index in [0.717, 1.165) is 0 Å². The van der Waals surface area contributed by atoms with E-state index in [9.17, 15) is 40.2 Å². The maximum atomic E-state index is 14.0. The lowest BCUT2D eigenvalue weighted by Gasteiger charge is -2.48. The van der Waals surface area contributed by atoms with Crippen LogP contribution in [0.1, 0.15) is 94.9 Å². The maximum Gasteiger partial charge on any atom is 0.311 e. The Bertz CT molecular complexity index is 1150. The van der Waals surface area contributed by atoms with Gasteiger partial charge in [-0.1, -0.05) is 27.7 Å². The van der Waals surface area contributed by atoms with E-state index in [2.05, 4.69) is 0 Å². The molecule has 3 fully saturated rings. The second-order valence-corrected chi connectivity index (χ2v) is 16.3. The molecular weight excluding hydrogens is 654 g/mol. The Morgan fingerprint density at radius 2 is 1.44 bits per heavy atom. The first kappa shape index (κ1) is 43.1. The van der Waals surface area contributed by atoms with Gasteiger partial charge in [-0.05, 0) is 74.9 Å². The van der Waals surface area contributed by atoms with Gasteiger partial charge in [0.2, 0.25) is 0 Å². The van der Waals surface area contributed by atoms with Gasteiger partial charge in [0.05, 0.1) is 47.6 Å². The molecule has 292 valence electrons. The van der Waals surface area contributed by atoms with Crippen molar-refractivity contribution >= 4 is 11.8 Å². The van der Waals surface area contributed by atoms with Gasteiger partial charge in [-0.25, -0.2) is 0 Å². The fraction of sp³-hybridized carbons (Fsp3) is 0.944. The summed E-state index contributed by atoms with van der Waals surface area (Å²) >= 11 is 0. The molecule has 0 amide bonds. The summed E-state index contributed by atoms with van der Waals surface area (Å²) < 4.78 is 31.0. The number of carbonyl (C=O) groups excluding carboxylic acids is 2. The van der Waals surface area contributed by atoms with Crippen molar-refractivity contribution in [2.45, 2.75) is 179 Å². The molecule has 3 rings (SSSR count). The smallest absolute Gasteiger partial charge is 0.311 e. The molecule has 6 N–H and O–H groups in total. The van der Waals surface area contributed by atoms with E-state index in [4.69, 9.17) is 23.7 Å². The SMILES string of the molecule is CCC1OC(=O)[C@H](C)[C@@H](O[C@H]2C[C@@](C)(O)[C@@H](O)[C@H](C)O2)[C@H](C)[C@@H](O[C@@H]2O[C@H](C)C[C@H](N(C)C)[C@H]2O)[C@](C)(O)C[C@@H](C)C(=O)[C@H](C)[C@@H](O)[C@]1(C)O. The minimum atomic E-state index is -2.01. The van der Waals surface area contributed by atoms with Crippen molar-refractivity contribution in [3.05, 3.63) is 0 Å². The van der Waals surface area contributed by atoms with Crippen LogP contribution in [-0.4, -0.2) is 146 Å². The van der Waals surface area contributed by atoms with Crippen molar-refractivity contribution in [2.75, 3.05) is 14.1 Å². The number of cyclic esters (lactones) is 1. The van der Waals surface area contributed by atoms with Gasteiger partial charge < -0.3 is 59.2 Å². The summed E-state index contributed by atoms with van der Waals surface area (Å²) in [6.07, 6.45) is -10.7. The van der Waals surface area contributed by atoms with Gasteiger partial charge in [0.25, 0.3) is 0 Å². The maximum absolute atomic E-state index is 14.0. The summed E-state index contributed by atoms with van der Waals surface area (Å²) in [4.78, 5) is 29.6. The highest BCUT2D eigenvalue weighted by Gasteiger charge is 2.53. The van der Waals surface area contributed by atoms with Gasteiger partial charge in [0.15, 0.2) is 12.6 Å². The predicted molar refractivity (Wildman–Crippen MR) is 181 cm³/mol. The highest BCUT2D eigenvalue weighted by molar-refractivity contribution is 5.83. The van der Waals surface area contributed by atoms with E-state index in [0.29, 0.717) is 6.42 Å². The zero-order valence-electron chi connectivity index (χ0n) is 32.0. The summed E-state index contributed by atoms with van der Waals surface area (Å²) in [5.41, 5.74) is -5.42. The number of likely N-dealkylation sites (N-methyl/N-ethyl adjacent to an activating group) is 1. The largest absolute Gasteiger partial charge is 0.459 e. The molecule has 0 aromatic carbocycles. The minimum absolute atomic E-state index is 0.118. The number of nitrogens with zero attached hydrogens (tertiary/aromatic N) is 1. The van der Waals surface area contributed by atoms with E-state index >= 15 is 0 Å². The summed E-state index contributed by atoms with van der Waals surface area (Å²) in [6.45, 7) is 15.8. The molecule has 0 radical (unpaired) electrons. The molecule has 14 heteroatoms. The van der Waals surface area contributed by atoms with Gasteiger partial charge in [0, 0.05) is 30.2 Å². The van der Waals surface area contributed by atoms with Crippen LogP contribution >= 0.6 is 0 Å². The molecule has 18 atom stereocenters. The quantitative estimate of drug-likeness (QED) is 0.213. The number of esters is 1. The standard InChI is InChI=1S/C36H65NO13/c1-13-24-36(10,45)29(40)19(4)26(38)17(2)15-35(9,44)31(50-33-27(39)23(37(11)12)14-18(3)46-33)20(5)28(21(6)32(42)48-24)49-25-16-34(8,43)30(41)22(7)47-25/h17-25,27-31,33,39-41,43-45H,13-16H2,1-12H3/t17-,18-,19+,20+,21-,22+,23+,24?,25+,27-,28+,29-,30+,31-,33+,34-,35-,36-/m1/s1. The topological polar surface area (TPSA) is 205 Å². The summed E-state index contributed by atoms with van der Waals surface area (Å²) in [5.74, 6) is -5.14. The normalized spacial score (nSPS) is 50.5. The van der Waals surface area contributed by atoms with E-state index in [-0.39, 0.29) is 31.4 Å². The van der Waals surface area contributed by atoms with Gasteiger partial charge in [-0.2, -0.15) is 0 Å². The van der Waals surface area contributed by atoms with Crippen molar-refractivity contribution in [1.29, 1.82) is 0 Å². The Morgan fingerprint density at radius 3 is 1.98 bits per heavy atom. The Kier molecular flexibility index (Phi) is 14.1. The minimum Gasteiger partial charge on any atom is -0.459 e. The van der Waals surface area contributed by atoms with Crippen LogP contribution in [0.15, 0.2) is 0 Å². The molecule has 3 aliphatic rings. The molecule has 0 spiro atoms. The Balaban J connectivity index is 2.17. The van der Waals surface area contributed by atoms with Crippen LogP contribution in [0.3, 0.4) is 0 Å². The van der Waals surface area contributed by atoms with Crippen molar-refractivity contribution in [1.82, 2.24) is 4.90 Å². The van der Waals surface area contributed by atoms with Gasteiger partial charge in [-0.3, -0.25) is 9.59 Å². The van der Waals surface area contributed by atoms with Gasteiger partial charge >= 0.3 is 5.97 Å². The van der Waals surface area contributed by atoms with Crippen LogP contribution in [0, 0.1) is 23.7 Å². The van der Waals surface area contributed by atoms with E-state index in [1.54, 1.807) is 34.6 Å². The summed E-state index contributed by atoms with van der Waals surface area (Å²) in [6, 6.07) is -0.337. The van der Waals surface area contributed by atoms with E-state index < -0.39 is 108 Å². The molecular formula is C36H65NO13.